The third-order valence-electron chi connectivity index (χ3n) is 11.2. The zero-order chi connectivity index (χ0) is 37.7. The van der Waals surface area contributed by atoms with Crippen LogP contribution in [0.1, 0.15) is 0 Å². The molecule has 3 heteroatoms. The zero-order valence-corrected chi connectivity index (χ0v) is 31.1. The smallest absolute Gasteiger partial charge is 0.143 e. The lowest BCUT2D eigenvalue weighted by atomic mass is 9.94. The minimum atomic E-state index is 0.889. The van der Waals surface area contributed by atoms with E-state index >= 15 is 0 Å². The first-order chi connectivity index (χ1) is 28.3. The van der Waals surface area contributed by atoms with Crippen LogP contribution >= 0.6 is 0 Å². The van der Waals surface area contributed by atoms with Crippen LogP contribution in [0.25, 0.3) is 82.8 Å². The Labute approximate surface area is 330 Å². The molecule has 2 aromatic heterocycles. The first-order valence-corrected chi connectivity index (χ1v) is 19.4. The molecule has 268 valence electrons. The highest BCUT2D eigenvalue weighted by atomic mass is 16.3. The van der Waals surface area contributed by atoms with Crippen molar-refractivity contribution in [2.24, 2.45) is 0 Å². The van der Waals surface area contributed by atoms with Crippen molar-refractivity contribution in [2.75, 3.05) is 4.90 Å². The Balaban J connectivity index is 1.04. The molecule has 0 amide bonds. The Morgan fingerprint density at radius 1 is 0.333 bits per heavy atom. The van der Waals surface area contributed by atoms with Crippen molar-refractivity contribution in [1.29, 1.82) is 0 Å². The molecule has 11 rings (SSSR count). The van der Waals surface area contributed by atoms with Crippen LogP contribution in [0.15, 0.2) is 223 Å². The van der Waals surface area contributed by atoms with E-state index in [1.807, 2.05) is 6.07 Å². The van der Waals surface area contributed by atoms with E-state index in [1.165, 1.54) is 32.9 Å². The monoisotopic (exact) mass is 728 g/mol. The van der Waals surface area contributed by atoms with Crippen molar-refractivity contribution < 1.29 is 4.42 Å². The molecular weight excluding hydrogens is 693 g/mol. The van der Waals surface area contributed by atoms with Crippen LogP contribution in [-0.2, 0) is 0 Å². The summed E-state index contributed by atoms with van der Waals surface area (Å²) in [6.45, 7) is 0. The number of para-hydroxylation sites is 4. The second-order valence-corrected chi connectivity index (χ2v) is 14.5. The van der Waals surface area contributed by atoms with Gasteiger partial charge in [0, 0.05) is 49.9 Å². The van der Waals surface area contributed by atoms with Crippen LogP contribution in [-0.4, -0.2) is 4.57 Å². The predicted octanol–water partition coefficient (Wildman–Crippen LogP) is 15.2. The van der Waals surface area contributed by atoms with Gasteiger partial charge >= 0.3 is 0 Å². The summed E-state index contributed by atoms with van der Waals surface area (Å²) in [6.07, 6.45) is 0. The summed E-state index contributed by atoms with van der Waals surface area (Å²) >= 11 is 0. The molecule has 0 radical (unpaired) electrons. The van der Waals surface area contributed by atoms with E-state index in [2.05, 4.69) is 222 Å². The van der Waals surface area contributed by atoms with Gasteiger partial charge in [-0.3, -0.25) is 0 Å². The fourth-order valence-corrected chi connectivity index (χ4v) is 8.46. The molecular formula is C54H36N2O. The molecule has 3 nitrogen and oxygen atoms in total. The molecule has 57 heavy (non-hydrogen) atoms. The van der Waals surface area contributed by atoms with Gasteiger partial charge < -0.3 is 13.9 Å². The van der Waals surface area contributed by atoms with E-state index in [1.54, 1.807) is 0 Å². The van der Waals surface area contributed by atoms with Gasteiger partial charge in [-0.2, -0.15) is 0 Å². The zero-order valence-electron chi connectivity index (χ0n) is 31.1. The van der Waals surface area contributed by atoms with Crippen LogP contribution in [0.5, 0.6) is 0 Å². The lowest BCUT2D eigenvalue weighted by Crippen LogP contribution is -2.09. The molecule has 0 aliphatic heterocycles. The van der Waals surface area contributed by atoms with Crippen LogP contribution in [0, 0.1) is 0 Å². The molecule has 0 unspecified atom stereocenters. The molecule has 0 fully saturated rings. The number of benzene rings is 9. The summed E-state index contributed by atoms with van der Waals surface area (Å²) in [7, 11) is 0. The quantitative estimate of drug-likeness (QED) is 0.163. The van der Waals surface area contributed by atoms with Crippen molar-refractivity contribution in [3.8, 4) is 39.1 Å². The maximum atomic E-state index is 6.68. The molecule has 0 aliphatic rings. The van der Waals surface area contributed by atoms with Gasteiger partial charge in [-0.05, 0) is 113 Å². The Kier molecular flexibility index (Phi) is 7.82. The van der Waals surface area contributed by atoms with Crippen LogP contribution in [0.2, 0.25) is 0 Å². The Morgan fingerprint density at radius 2 is 0.842 bits per heavy atom. The summed E-state index contributed by atoms with van der Waals surface area (Å²) in [5.74, 6) is 0. The molecule has 0 atom stereocenters. The van der Waals surface area contributed by atoms with Crippen LogP contribution in [0.4, 0.5) is 17.1 Å². The Morgan fingerprint density at radius 3 is 1.56 bits per heavy atom. The van der Waals surface area contributed by atoms with E-state index in [0.717, 1.165) is 66.9 Å². The fourth-order valence-electron chi connectivity index (χ4n) is 8.46. The molecule has 2 heterocycles. The normalized spacial score (nSPS) is 11.5. The number of rotatable bonds is 7. The predicted molar refractivity (Wildman–Crippen MR) is 239 cm³/mol. The molecule has 11 aromatic rings. The SMILES string of the molecule is c1ccc(-c2ccc(N(c3ccccc3)c3ccc(-c4cc(-c5ccc6c(c5)c5ccccc5n6-c5ccccc5)c5oc6ccccc6c5c4)cc3)cc2)cc1. The third-order valence-corrected chi connectivity index (χ3v) is 11.2. The molecule has 0 spiro atoms. The van der Waals surface area contributed by atoms with E-state index in [4.69, 9.17) is 4.42 Å². The number of hydrogen-bond donors (Lipinski definition) is 0. The first kappa shape index (κ1) is 32.8. The molecule has 0 bridgehead atoms. The maximum absolute atomic E-state index is 6.68. The Hall–Kier alpha value is -7.62. The second-order valence-electron chi connectivity index (χ2n) is 14.5. The number of fused-ring (bicyclic) bond motifs is 6. The van der Waals surface area contributed by atoms with E-state index in [0.29, 0.717) is 0 Å². The van der Waals surface area contributed by atoms with Gasteiger partial charge in [-0.1, -0.05) is 133 Å². The van der Waals surface area contributed by atoms with E-state index in [-0.39, 0.29) is 0 Å². The van der Waals surface area contributed by atoms with Gasteiger partial charge in [-0.15, -0.1) is 0 Å². The number of anilines is 3. The number of hydrogen-bond acceptors (Lipinski definition) is 2. The van der Waals surface area contributed by atoms with Crippen LogP contribution in [0.3, 0.4) is 0 Å². The highest BCUT2D eigenvalue weighted by Gasteiger charge is 2.19. The molecule has 9 aromatic carbocycles. The largest absolute Gasteiger partial charge is 0.455 e. The van der Waals surface area contributed by atoms with Crippen molar-refractivity contribution in [2.45, 2.75) is 0 Å². The minimum Gasteiger partial charge on any atom is -0.455 e. The maximum Gasteiger partial charge on any atom is 0.143 e. The van der Waals surface area contributed by atoms with Gasteiger partial charge in [0.1, 0.15) is 11.2 Å². The highest BCUT2D eigenvalue weighted by Crippen LogP contribution is 2.43. The highest BCUT2D eigenvalue weighted by molar-refractivity contribution is 6.14. The average molecular weight is 729 g/mol. The topological polar surface area (TPSA) is 21.3 Å². The summed E-state index contributed by atoms with van der Waals surface area (Å²) in [5.41, 5.74) is 15.5. The number of nitrogens with zero attached hydrogens (tertiary/aromatic N) is 2. The van der Waals surface area contributed by atoms with Gasteiger partial charge in [0.25, 0.3) is 0 Å². The minimum absolute atomic E-state index is 0.889. The second kappa shape index (κ2) is 13.6. The summed E-state index contributed by atoms with van der Waals surface area (Å²) in [6, 6.07) is 78.0. The van der Waals surface area contributed by atoms with Crippen molar-refractivity contribution in [3.63, 3.8) is 0 Å². The fraction of sp³-hybridized carbons (Fsp3) is 0. The first-order valence-electron chi connectivity index (χ1n) is 19.4. The van der Waals surface area contributed by atoms with Crippen LogP contribution < -0.4 is 4.90 Å². The van der Waals surface area contributed by atoms with Gasteiger partial charge in [-0.25, -0.2) is 0 Å². The molecule has 0 N–H and O–H groups in total. The summed E-state index contributed by atoms with van der Waals surface area (Å²) in [4.78, 5) is 2.32. The number of aromatic nitrogens is 1. The third kappa shape index (κ3) is 5.68. The van der Waals surface area contributed by atoms with Gasteiger partial charge in [0.05, 0.1) is 11.0 Å². The van der Waals surface area contributed by atoms with E-state index < -0.39 is 0 Å². The van der Waals surface area contributed by atoms with Crippen molar-refractivity contribution in [1.82, 2.24) is 4.57 Å². The van der Waals surface area contributed by atoms with Gasteiger partial charge in [0.15, 0.2) is 0 Å². The lowest BCUT2D eigenvalue weighted by molar-refractivity contribution is 0.670. The van der Waals surface area contributed by atoms with Gasteiger partial charge in [0.2, 0.25) is 0 Å². The summed E-state index contributed by atoms with van der Waals surface area (Å²) < 4.78 is 9.04. The molecule has 0 aliphatic carbocycles. The lowest BCUT2D eigenvalue weighted by Gasteiger charge is -2.26. The standard InChI is InChI=1S/C54H36N2O/c1-4-14-37(15-5-1)38-24-29-44(30-25-38)55(42-16-6-2-7-17-42)45-31-26-39(27-32-45)41-35-48(54-50(36-41)47-21-11-13-23-53(47)57-54)40-28-33-52-49(34-40)46-20-10-12-22-51(46)56(52)43-18-8-3-9-19-43/h1-36H. The Bertz CT molecular complexity index is 3200. The van der Waals surface area contributed by atoms with Crippen molar-refractivity contribution >= 4 is 60.8 Å². The average Bonchev–Trinajstić information content (AvgIpc) is 3.83. The molecule has 0 saturated heterocycles. The van der Waals surface area contributed by atoms with E-state index in [9.17, 15) is 0 Å². The summed E-state index contributed by atoms with van der Waals surface area (Å²) in [5, 5.41) is 4.66. The molecule has 0 saturated carbocycles. The van der Waals surface area contributed by atoms with Crippen molar-refractivity contribution in [3.05, 3.63) is 218 Å². The number of furan rings is 1.